The minimum absolute atomic E-state index is 0.295. The lowest BCUT2D eigenvalue weighted by Gasteiger charge is -2.39. The van der Waals surface area contributed by atoms with E-state index in [4.69, 9.17) is 16.3 Å². The van der Waals surface area contributed by atoms with E-state index in [-0.39, 0.29) is 0 Å². The Hall–Kier alpha value is -1.90. The fourth-order valence-electron chi connectivity index (χ4n) is 4.51. The number of hydrogen-bond donors (Lipinski definition) is 0. The molecule has 2 aliphatic heterocycles. The van der Waals surface area contributed by atoms with Crippen LogP contribution in [0.2, 0.25) is 5.02 Å². The van der Waals surface area contributed by atoms with E-state index in [9.17, 15) is 8.42 Å². The number of sulfonamides is 1. The van der Waals surface area contributed by atoms with Gasteiger partial charge in [0.2, 0.25) is 10.0 Å². The zero-order valence-corrected chi connectivity index (χ0v) is 20.0. The first kappa shape index (κ1) is 21.9. The molecule has 5 rings (SSSR count). The summed E-state index contributed by atoms with van der Waals surface area (Å²) in [6.45, 7) is 3.16. The predicted octanol–water partition coefficient (Wildman–Crippen LogP) is 5.41. The zero-order valence-electron chi connectivity index (χ0n) is 17.6. The third-order valence-corrected chi connectivity index (χ3v) is 9.55. The van der Waals surface area contributed by atoms with E-state index in [0.717, 1.165) is 32.4 Å². The van der Waals surface area contributed by atoms with E-state index >= 15 is 0 Å². The SMILES string of the molecule is O=S(=O)(c1ccc(Oc2ccccc2Cl)cc1)N1CCC(N2CCc3sccc3C2)CC1. The van der Waals surface area contributed by atoms with Crippen LogP contribution in [0.4, 0.5) is 0 Å². The summed E-state index contributed by atoms with van der Waals surface area (Å²) in [6.07, 6.45) is 2.84. The number of thiophene rings is 1. The third-order valence-electron chi connectivity index (χ3n) is 6.30. The number of rotatable bonds is 5. The van der Waals surface area contributed by atoms with Crippen molar-refractivity contribution in [2.24, 2.45) is 0 Å². The van der Waals surface area contributed by atoms with Gasteiger partial charge in [-0.15, -0.1) is 11.3 Å². The lowest BCUT2D eigenvalue weighted by atomic mass is 10.0. The highest BCUT2D eigenvalue weighted by molar-refractivity contribution is 7.89. The number of hydrogen-bond acceptors (Lipinski definition) is 5. The zero-order chi connectivity index (χ0) is 22.1. The quantitative estimate of drug-likeness (QED) is 0.482. The highest BCUT2D eigenvalue weighted by Gasteiger charge is 2.33. The summed E-state index contributed by atoms with van der Waals surface area (Å²) >= 11 is 7.98. The summed E-state index contributed by atoms with van der Waals surface area (Å²) in [5.41, 5.74) is 1.44. The maximum atomic E-state index is 13.2. The summed E-state index contributed by atoms with van der Waals surface area (Å²) in [6, 6.07) is 16.4. The molecule has 3 heterocycles. The Labute approximate surface area is 198 Å². The minimum Gasteiger partial charge on any atom is -0.456 e. The maximum absolute atomic E-state index is 13.2. The first-order valence-electron chi connectivity index (χ1n) is 10.8. The van der Waals surface area contributed by atoms with Gasteiger partial charge in [-0.05, 0) is 72.7 Å². The van der Waals surface area contributed by atoms with Crippen molar-refractivity contribution in [1.29, 1.82) is 0 Å². The topological polar surface area (TPSA) is 49.9 Å². The van der Waals surface area contributed by atoms with Gasteiger partial charge in [0.15, 0.2) is 0 Å². The lowest BCUT2D eigenvalue weighted by Crippen LogP contribution is -2.47. The number of piperidine rings is 1. The van der Waals surface area contributed by atoms with Crippen molar-refractivity contribution in [3.05, 3.63) is 75.4 Å². The second-order valence-electron chi connectivity index (χ2n) is 8.23. The first-order valence-corrected chi connectivity index (χ1v) is 13.5. The van der Waals surface area contributed by atoms with Crippen LogP contribution in [-0.2, 0) is 23.0 Å². The van der Waals surface area contributed by atoms with E-state index in [2.05, 4.69) is 16.3 Å². The van der Waals surface area contributed by atoms with Gasteiger partial charge in [0, 0.05) is 37.1 Å². The van der Waals surface area contributed by atoms with Crippen LogP contribution < -0.4 is 4.74 Å². The van der Waals surface area contributed by atoms with E-state index in [1.54, 1.807) is 40.7 Å². The van der Waals surface area contributed by atoms with Crippen molar-refractivity contribution in [2.45, 2.75) is 36.7 Å². The number of benzene rings is 2. The molecule has 1 saturated heterocycles. The Balaban J connectivity index is 1.21. The van der Waals surface area contributed by atoms with Crippen LogP contribution in [0.1, 0.15) is 23.3 Å². The fourth-order valence-corrected chi connectivity index (χ4v) is 7.05. The van der Waals surface area contributed by atoms with Crippen molar-refractivity contribution >= 4 is 33.0 Å². The third kappa shape index (κ3) is 4.45. The molecule has 0 saturated carbocycles. The molecule has 1 fully saturated rings. The number of halogens is 1. The van der Waals surface area contributed by atoms with Crippen LogP contribution in [0.25, 0.3) is 0 Å². The molecule has 3 aromatic rings. The van der Waals surface area contributed by atoms with Crippen LogP contribution in [0, 0.1) is 0 Å². The summed E-state index contributed by atoms with van der Waals surface area (Å²) in [5, 5.41) is 2.68. The smallest absolute Gasteiger partial charge is 0.243 e. The molecule has 32 heavy (non-hydrogen) atoms. The van der Waals surface area contributed by atoms with Gasteiger partial charge >= 0.3 is 0 Å². The molecule has 0 spiro atoms. The van der Waals surface area contributed by atoms with Crippen molar-refractivity contribution in [1.82, 2.24) is 9.21 Å². The van der Waals surface area contributed by atoms with Crippen molar-refractivity contribution in [3.8, 4) is 11.5 Å². The molecule has 1 aromatic heterocycles. The molecule has 0 atom stereocenters. The van der Waals surface area contributed by atoms with Gasteiger partial charge in [0.05, 0.1) is 9.92 Å². The Kier molecular flexibility index (Phi) is 6.27. The number of fused-ring (bicyclic) bond motifs is 1. The van der Waals surface area contributed by atoms with Crippen LogP contribution in [-0.4, -0.2) is 43.3 Å². The van der Waals surface area contributed by atoms with Gasteiger partial charge in [0.1, 0.15) is 11.5 Å². The molecule has 0 aliphatic carbocycles. The van der Waals surface area contributed by atoms with E-state index < -0.39 is 10.0 Å². The molecular weight excluding hydrogens is 464 g/mol. The summed E-state index contributed by atoms with van der Waals surface area (Å²) < 4.78 is 33.7. The van der Waals surface area contributed by atoms with Crippen LogP contribution >= 0.6 is 22.9 Å². The molecule has 0 unspecified atom stereocenters. The number of ether oxygens (including phenoxy) is 1. The van der Waals surface area contributed by atoms with Crippen molar-refractivity contribution in [2.75, 3.05) is 19.6 Å². The molecule has 0 amide bonds. The average molecular weight is 489 g/mol. The molecule has 168 valence electrons. The minimum atomic E-state index is -3.52. The highest BCUT2D eigenvalue weighted by Crippen LogP contribution is 2.31. The van der Waals surface area contributed by atoms with Gasteiger partial charge in [-0.3, -0.25) is 4.90 Å². The Morgan fingerprint density at radius 2 is 1.72 bits per heavy atom. The first-order chi connectivity index (χ1) is 15.5. The summed E-state index contributed by atoms with van der Waals surface area (Å²) in [7, 11) is -3.52. The van der Waals surface area contributed by atoms with E-state index in [0.29, 0.717) is 40.5 Å². The van der Waals surface area contributed by atoms with Crippen molar-refractivity contribution < 1.29 is 13.2 Å². The summed E-state index contributed by atoms with van der Waals surface area (Å²) in [4.78, 5) is 4.33. The largest absolute Gasteiger partial charge is 0.456 e. The molecule has 5 nitrogen and oxygen atoms in total. The second kappa shape index (κ2) is 9.15. The Morgan fingerprint density at radius 1 is 0.969 bits per heavy atom. The monoisotopic (exact) mass is 488 g/mol. The van der Waals surface area contributed by atoms with E-state index in [1.165, 1.54) is 10.4 Å². The van der Waals surface area contributed by atoms with Gasteiger partial charge in [-0.1, -0.05) is 23.7 Å². The van der Waals surface area contributed by atoms with Gasteiger partial charge in [-0.25, -0.2) is 8.42 Å². The molecule has 2 aromatic carbocycles. The molecule has 0 radical (unpaired) electrons. The summed E-state index contributed by atoms with van der Waals surface area (Å²) in [5.74, 6) is 1.09. The van der Waals surface area contributed by atoms with Crippen LogP contribution in [0.3, 0.4) is 0 Å². The molecule has 8 heteroatoms. The number of nitrogens with zero attached hydrogens (tertiary/aromatic N) is 2. The fraction of sp³-hybridized carbons (Fsp3) is 0.333. The average Bonchev–Trinajstić information content (AvgIpc) is 3.29. The standard InChI is InChI=1S/C24H25ClN2O3S2/c25-22-3-1-2-4-23(22)30-20-5-7-21(8-6-20)32(28,29)27-14-9-19(10-15-27)26-13-11-24-18(17-26)12-16-31-24/h1-8,12,16,19H,9-11,13-15,17H2. The maximum Gasteiger partial charge on any atom is 0.243 e. The Bertz CT molecular complexity index is 1190. The van der Waals surface area contributed by atoms with Crippen molar-refractivity contribution in [3.63, 3.8) is 0 Å². The van der Waals surface area contributed by atoms with Gasteiger partial charge in [0.25, 0.3) is 0 Å². The van der Waals surface area contributed by atoms with E-state index in [1.807, 2.05) is 23.5 Å². The van der Waals surface area contributed by atoms with Gasteiger partial charge in [-0.2, -0.15) is 4.31 Å². The molecule has 0 bridgehead atoms. The Morgan fingerprint density at radius 3 is 2.47 bits per heavy atom. The normalized spacial score (nSPS) is 18.4. The molecule has 0 N–H and O–H groups in total. The molecule has 2 aliphatic rings. The van der Waals surface area contributed by atoms with Gasteiger partial charge < -0.3 is 4.74 Å². The van der Waals surface area contributed by atoms with Crippen LogP contribution in [0.15, 0.2) is 64.9 Å². The molecular formula is C24H25ClN2O3S2. The lowest BCUT2D eigenvalue weighted by molar-refractivity contribution is 0.127. The second-order valence-corrected chi connectivity index (χ2v) is 11.6. The van der Waals surface area contributed by atoms with Crippen LogP contribution in [0.5, 0.6) is 11.5 Å². The number of para-hydroxylation sites is 1. The highest BCUT2D eigenvalue weighted by atomic mass is 35.5. The predicted molar refractivity (Wildman–Crippen MR) is 128 cm³/mol.